The molecule has 17 heavy (non-hydrogen) atoms. The van der Waals surface area contributed by atoms with Gasteiger partial charge in [-0.1, -0.05) is 0 Å². The molecule has 1 amide bonds. The highest BCUT2D eigenvalue weighted by atomic mass is 79.9. The van der Waals surface area contributed by atoms with Crippen molar-refractivity contribution in [3.05, 3.63) is 19.2 Å². The van der Waals surface area contributed by atoms with Crippen LogP contribution in [-0.4, -0.2) is 23.5 Å². The maximum atomic E-state index is 11.6. The van der Waals surface area contributed by atoms with E-state index in [1.54, 1.807) is 6.07 Å². The van der Waals surface area contributed by atoms with Crippen LogP contribution in [0.2, 0.25) is 0 Å². The van der Waals surface area contributed by atoms with E-state index in [1.807, 2.05) is 0 Å². The Kier molecular flexibility index (Phi) is 6.15. The average molecular weight is 385 g/mol. The van der Waals surface area contributed by atoms with Crippen molar-refractivity contribution in [3.8, 4) is 0 Å². The average Bonchev–Trinajstić information content (AvgIpc) is 2.58. The van der Waals surface area contributed by atoms with Crippen molar-refractivity contribution < 1.29 is 14.7 Å². The highest BCUT2D eigenvalue weighted by Gasteiger charge is 2.11. The molecule has 94 valence electrons. The van der Waals surface area contributed by atoms with Gasteiger partial charge in [0.25, 0.3) is 5.91 Å². The van der Waals surface area contributed by atoms with Gasteiger partial charge in [-0.3, -0.25) is 9.59 Å². The number of hydrogen-bond donors (Lipinski definition) is 2. The van der Waals surface area contributed by atoms with E-state index in [9.17, 15) is 9.59 Å². The van der Waals surface area contributed by atoms with Gasteiger partial charge < -0.3 is 10.4 Å². The van der Waals surface area contributed by atoms with E-state index in [2.05, 4.69) is 37.2 Å². The van der Waals surface area contributed by atoms with Crippen molar-refractivity contribution in [2.45, 2.75) is 19.3 Å². The van der Waals surface area contributed by atoms with Crippen LogP contribution in [0.15, 0.2) is 14.3 Å². The second-order valence-corrected chi connectivity index (χ2v) is 6.56. The Labute approximate surface area is 120 Å². The number of nitrogens with one attached hydrogen (secondary N) is 1. The number of thiophene rings is 1. The number of carbonyl (C=O) groups is 2. The van der Waals surface area contributed by atoms with Gasteiger partial charge in [0.1, 0.15) is 0 Å². The monoisotopic (exact) mass is 383 g/mol. The number of carbonyl (C=O) groups excluding carboxylic acids is 1. The summed E-state index contributed by atoms with van der Waals surface area (Å²) in [5, 5.41) is 11.2. The second kappa shape index (κ2) is 7.13. The zero-order chi connectivity index (χ0) is 12.8. The van der Waals surface area contributed by atoms with E-state index in [1.165, 1.54) is 11.3 Å². The van der Waals surface area contributed by atoms with Crippen LogP contribution in [0.5, 0.6) is 0 Å². The number of carboxylic acids is 1. The summed E-state index contributed by atoms with van der Waals surface area (Å²) in [6.45, 7) is 0.499. The Morgan fingerprint density at radius 2 is 2.06 bits per heavy atom. The van der Waals surface area contributed by atoms with Crippen LogP contribution >= 0.6 is 43.2 Å². The van der Waals surface area contributed by atoms with Gasteiger partial charge in [-0.2, -0.15) is 0 Å². The molecular formula is C10H11Br2NO3S. The first kappa shape index (κ1) is 14.7. The zero-order valence-electron chi connectivity index (χ0n) is 8.83. The number of carboxylic acid groups (broad SMARTS) is 1. The van der Waals surface area contributed by atoms with Crippen molar-refractivity contribution in [2.24, 2.45) is 0 Å². The van der Waals surface area contributed by atoms with Crippen molar-refractivity contribution in [2.75, 3.05) is 6.54 Å². The molecule has 7 heteroatoms. The van der Waals surface area contributed by atoms with E-state index < -0.39 is 5.97 Å². The van der Waals surface area contributed by atoms with Gasteiger partial charge in [0.15, 0.2) is 0 Å². The molecule has 0 saturated heterocycles. The van der Waals surface area contributed by atoms with E-state index >= 15 is 0 Å². The van der Waals surface area contributed by atoms with Crippen LogP contribution in [0.4, 0.5) is 0 Å². The number of rotatable bonds is 6. The Morgan fingerprint density at radius 1 is 1.35 bits per heavy atom. The van der Waals surface area contributed by atoms with Crippen LogP contribution in [0.1, 0.15) is 28.9 Å². The van der Waals surface area contributed by atoms with Gasteiger partial charge in [0, 0.05) is 17.4 Å². The van der Waals surface area contributed by atoms with Gasteiger partial charge in [0.2, 0.25) is 0 Å². The molecule has 1 aromatic heterocycles. The smallest absolute Gasteiger partial charge is 0.303 e. The lowest BCUT2D eigenvalue weighted by Gasteiger charge is -2.02. The van der Waals surface area contributed by atoms with E-state index in [0.29, 0.717) is 24.3 Å². The predicted octanol–water partition coefficient (Wildman–Crippen LogP) is 3.26. The van der Waals surface area contributed by atoms with Gasteiger partial charge in [-0.25, -0.2) is 0 Å². The first-order chi connectivity index (χ1) is 8.00. The normalized spacial score (nSPS) is 10.2. The summed E-state index contributed by atoms with van der Waals surface area (Å²) < 4.78 is 1.74. The first-order valence-electron chi connectivity index (χ1n) is 4.95. The molecule has 0 spiro atoms. The standard InChI is InChI=1S/C10H11Br2NO3S/c11-6-5-7(17-9(6)12)10(16)13-4-2-1-3-8(14)15/h5H,1-4H2,(H,13,16)(H,14,15). The molecule has 0 fully saturated rings. The summed E-state index contributed by atoms with van der Waals surface area (Å²) in [5.41, 5.74) is 0. The lowest BCUT2D eigenvalue weighted by Crippen LogP contribution is -2.23. The number of amides is 1. The van der Waals surface area contributed by atoms with Crippen LogP contribution in [0, 0.1) is 0 Å². The van der Waals surface area contributed by atoms with Crippen molar-refractivity contribution in [1.29, 1.82) is 0 Å². The molecule has 4 nitrogen and oxygen atoms in total. The van der Waals surface area contributed by atoms with Crippen molar-refractivity contribution in [1.82, 2.24) is 5.32 Å². The topological polar surface area (TPSA) is 66.4 Å². The molecule has 2 N–H and O–H groups in total. The number of hydrogen-bond acceptors (Lipinski definition) is 3. The maximum Gasteiger partial charge on any atom is 0.303 e. The number of halogens is 2. The van der Waals surface area contributed by atoms with Gasteiger partial charge in [-0.05, 0) is 50.8 Å². The lowest BCUT2D eigenvalue weighted by atomic mass is 10.2. The molecule has 0 radical (unpaired) electrons. The Hall–Kier alpha value is -0.400. The molecule has 1 aromatic rings. The summed E-state index contributed by atoms with van der Waals surface area (Å²) in [5.74, 6) is -0.931. The molecule has 1 rings (SSSR count). The van der Waals surface area contributed by atoms with Crippen molar-refractivity contribution in [3.63, 3.8) is 0 Å². The van der Waals surface area contributed by atoms with Crippen molar-refractivity contribution >= 4 is 55.1 Å². The molecule has 0 bridgehead atoms. The van der Waals surface area contributed by atoms with Gasteiger partial charge >= 0.3 is 5.97 Å². The molecule has 1 heterocycles. The van der Waals surface area contributed by atoms with E-state index in [4.69, 9.17) is 5.11 Å². The van der Waals surface area contributed by atoms with Gasteiger partial charge in [0.05, 0.1) is 8.66 Å². The molecule has 0 unspecified atom stereocenters. The van der Waals surface area contributed by atoms with Crippen LogP contribution < -0.4 is 5.32 Å². The fourth-order valence-electron chi connectivity index (χ4n) is 1.15. The van der Waals surface area contributed by atoms with E-state index in [-0.39, 0.29) is 12.3 Å². The zero-order valence-corrected chi connectivity index (χ0v) is 12.8. The highest BCUT2D eigenvalue weighted by molar-refractivity contribution is 9.13. The third-order valence-electron chi connectivity index (χ3n) is 1.97. The van der Waals surface area contributed by atoms with Crippen LogP contribution in [0.25, 0.3) is 0 Å². The molecule has 0 aliphatic carbocycles. The van der Waals surface area contributed by atoms with Crippen LogP contribution in [0.3, 0.4) is 0 Å². The maximum absolute atomic E-state index is 11.6. The quantitative estimate of drug-likeness (QED) is 0.739. The van der Waals surface area contributed by atoms with E-state index in [0.717, 1.165) is 8.26 Å². The first-order valence-corrected chi connectivity index (χ1v) is 7.36. The largest absolute Gasteiger partial charge is 0.481 e. The molecule has 0 aliphatic heterocycles. The third-order valence-corrected chi connectivity index (χ3v) is 5.23. The molecule has 0 saturated carbocycles. The summed E-state index contributed by atoms with van der Waals surface area (Å²) in [7, 11) is 0. The fourth-order valence-corrected chi connectivity index (χ4v) is 3.10. The Bertz CT molecular complexity index is 400. The second-order valence-electron chi connectivity index (χ2n) is 3.34. The SMILES string of the molecule is O=C(O)CCCCNC(=O)c1cc(Br)c(Br)s1. The summed E-state index contributed by atoms with van der Waals surface area (Å²) in [6, 6.07) is 1.75. The fraction of sp³-hybridized carbons (Fsp3) is 0.400. The Morgan fingerprint density at radius 3 is 2.59 bits per heavy atom. The Balaban J connectivity index is 2.28. The number of unbranched alkanes of at least 4 members (excludes halogenated alkanes) is 1. The minimum atomic E-state index is -0.803. The highest BCUT2D eigenvalue weighted by Crippen LogP contribution is 2.32. The molecule has 0 aliphatic rings. The van der Waals surface area contributed by atoms with Gasteiger partial charge in [-0.15, -0.1) is 11.3 Å². The summed E-state index contributed by atoms with van der Waals surface area (Å²) in [6.07, 6.45) is 1.39. The minimum absolute atomic E-state index is 0.128. The third kappa shape index (κ3) is 5.18. The number of aliphatic carboxylic acids is 1. The molecule has 0 atom stereocenters. The molecule has 0 aromatic carbocycles. The summed E-state index contributed by atoms with van der Waals surface area (Å²) >= 11 is 7.99. The predicted molar refractivity (Wildman–Crippen MR) is 73.5 cm³/mol. The summed E-state index contributed by atoms with van der Waals surface area (Å²) in [4.78, 5) is 22.5. The minimum Gasteiger partial charge on any atom is -0.481 e. The molecular weight excluding hydrogens is 374 g/mol. The lowest BCUT2D eigenvalue weighted by molar-refractivity contribution is -0.137. The van der Waals surface area contributed by atoms with Crippen LogP contribution in [-0.2, 0) is 4.79 Å².